The Labute approximate surface area is 81.1 Å². The van der Waals surface area contributed by atoms with Crippen LogP contribution in [0.1, 0.15) is 33.1 Å². The van der Waals surface area contributed by atoms with Crippen LogP contribution in [0.5, 0.6) is 0 Å². The maximum Gasteiger partial charge on any atom is 0.150 e. The zero-order chi connectivity index (χ0) is 10.3. The van der Waals surface area contributed by atoms with Crippen LogP contribution in [0.15, 0.2) is 0 Å². The fourth-order valence-corrected chi connectivity index (χ4v) is 2.70. The summed E-state index contributed by atoms with van der Waals surface area (Å²) in [5.74, 6) is 0.640. The van der Waals surface area contributed by atoms with Gasteiger partial charge in [0.15, 0.2) is 0 Å². The fourth-order valence-electron chi connectivity index (χ4n) is 1.18. The van der Waals surface area contributed by atoms with Crippen molar-refractivity contribution in [2.75, 3.05) is 18.1 Å². The summed E-state index contributed by atoms with van der Waals surface area (Å²) < 4.78 is 22.6. The molecule has 13 heavy (non-hydrogen) atoms. The van der Waals surface area contributed by atoms with E-state index in [1.54, 1.807) is 0 Å². The molecule has 4 heteroatoms. The Bertz CT molecular complexity index is 205. The van der Waals surface area contributed by atoms with Crippen molar-refractivity contribution >= 4 is 9.84 Å². The van der Waals surface area contributed by atoms with Crippen LogP contribution in [0, 0.1) is 5.92 Å². The Morgan fingerprint density at radius 3 is 2.23 bits per heavy atom. The number of hydrogen-bond acceptors (Lipinski definition) is 3. The van der Waals surface area contributed by atoms with Crippen LogP contribution in [-0.2, 0) is 9.84 Å². The van der Waals surface area contributed by atoms with Gasteiger partial charge in [0.25, 0.3) is 0 Å². The van der Waals surface area contributed by atoms with Crippen LogP contribution in [0.3, 0.4) is 0 Å². The lowest BCUT2D eigenvalue weighted by atomic mass is 10.1. The molecule has 0 heterocycles. The standard InChI is InChI=1S/C9H20O3S/c1-3-6-13(11,12)7-5-9(4-2)8-10/h9-10H,3-8H2,1-2H3. The quantitative estimate of drug-likeness (QED) is 0.684. The van der Waals surface area contributed by atoms with E-state index in [1.165, 1.54) is 0 Å². The van der Waals surface area contributed by atoms with Gasteiger partial charge in [-0.3, -0.25) is 0 Å². The summed E-state index contributed by atoms with van der Waals surface area (Å²) in [6, 6.07) is 0. The molecule has 0 fully saturated rings. The largest absolute Gasteiger partial charge is 0.396 e. The molecule has 0 rings (SSSR count). The first-order valence-corrected chi connectivity index (χ1v) is 6.69. The molecule has 0 aliphatic rings. The summed E-state index contributed by atoms with van der Waals surface area (Å²) in [6.07, 6.45) is 2.12. The van der Waals surface area contributed by atoms with Gasteiger partial charge >= 0.3 is 0 Å². The van der Waals surface area contributed by atoms with Crippen molar-refractivity contribution in [3.05, 3.63) is 0 Å². The van der Waals surface area contributed by atoms with E-state index in [4.69, 9.17) is 5.11 Å². The number of rotatable bonds is 7. The molecule has 0 amide bonds. The van der Waals surface area contributed by atoms with Crippen molar-refractivity contribution in [3.63, 3.8) is 0 Å². The van der Waals surface area contributed by atoms with Crippen molar-refractivity contribution in [2.24, 2.45) is 5.92 Å². The van der Waals surface area contributed by atoms with Crippen LogP contribution in [-0.4, -0.2) is 31.6 Å². The highest BCUT2D eigenvalue weighted by atomic mass is 32.2. The maximum atomic E-state index is 11.3. The maximum absolute atomic E-state index is 11.3. The number of hydrogen-bond donors (Lipinski definition) is 1. The van der Waals surface area contributed by atoms with Gasteiger partial charge in [-0.2, -0.15) is 0 Å². The second-order valence-electron chi connectivity index (χ2n) is 3.40. The zero-order valence-electron chi connectivity index (χ0n) is 8.49. The molecule has 0 aromatic carbocycles. The summed E-state index contributed by atoms with van der Waals surface area (Å²) in [5.41, 5.74) is 0. The molecule has 0 aliphatic heterocycles. The van der Waals surface area contributed by atoms with E-state index < -0.39 is 9.84 Å². The van der Waals surface area contributed by atoms with Crippen molar-refractivity contribution < 1.29 is 13.5 Å². The highest BCUT2D eigenvalue weighted by molar-refractivity contribution is 7.91. The Morgan fingerprint density at radius 2 is 1.85 bits per heavy atom. The molecule has 0 bridgehead atoms. The lowest BCUT2D eigenvalue weighted by molar-refractivity contribution is 0.219. The summed E-state index contributed by atoms with van der Waals surface area (Å²) >= 11 is 0. The third-order valence-electron chi connectivity index (χ3n) is 2.19. The van der Waals surface area contributed by atoms with Gasteiger partial charge < -0.3 is 5.11 Å². The fraction of sp³-hybridized carbons (Fsp3) is 1.00. The summed E-state index contributed by atoms with van der Waals surface area (Å²) in [5, 5.41) is 8.86. The topological polar surface area (TPSA) is 54.4 Å². The second kappa shape index (κ2) is 6.38. The molecule has 1 atom stereocenters. The molecule has 0 aliphatic carbocycles. The van der Waals surface area contributed by atoms with E-state index in [9.17, 15) is 8.42 Å². The normalized spacial score (nSPS) is 14.4. The van der Waals surface area contributed by atoms with E-state index in [2.05, 4.69) is 0 Å². The van der Waals surface area contributed by atoms with E-state index in [-0.39, 0.29) is 24.0 Å². The molecule has 1 unspecified atom stereocenters. The molecule has 80 valence electrons. The second-order valence-corrected chi connectivity index (χ2v) is 5.70. The highest BCUT2D eigenvalue weighted by Gasteiger charge is 2.12. The van der Waals surface area contributed by atoms with Gasteiger partial charge in [-0.25, -0.2) is 8.42 Å². The van der Waals surface area contributed by atoms with Crippen LogP contribution in [0.4, 0.5) is 0 Å². The average molecular weight is 208 g/mol. The van der Waals surface area contributed by atoms with Gasteiger partial charge in [0.2, 0.25) is 0 Å². The van der Waals surface area contributed by atoms with Crippen LogP contribution < -0.4 is 0 Å². The molecule has 0 aromatic rings. The van der Waals surface area contributed by atoms with Crippen LogP contribution in [0.2, 0.25) is 0 Å². The van der Waals surface area contributed by atoms with Crippen LogP contribution in [0.25, 0.3) is 0 Å². The third-order valence-corrected chi connectivity index (χ3v) is 4.08. The van der Waals surface area contributed by atoms with Gasteiger partial charge in [0.05, 0.1) is 5.75 Å². The van der Waals surface area contributed by atoms with Crippen molar-refractivity contribution in [1.29, 1.82) is 0 Å². The molecule has 0 saturated heterocycles. The zero-order valence-corrected chi connectivity index (χ0v) is 9.31. The Hall–Kier alpha value is -0.0900. The first kappa shape index (κ1) is 12.9. The molecular weight excluding hydrogens is 188 g/mol. The van der Waals surface area contributed by atoms with Gasteiger partial charge in [-0.1, -0.05) is 20.3 Å². The van der Waals surface area contributed by atoms with Crippen molar-refractivity contribution in [2.45, 2.75) is 33.1 Å². The minimum absolute atomic E-state index is 0.0954. The lowest BCUT2D eigenvalue weighted by Gasteiger charge is -2.10. The first-order valence-electron chi connectivity index (χ1n) is 4.87. The molecule has 0 saturated carbocycles. The Kier molecular flexibility index (Phi) is 6.33. The van der Waals surface area contributed by atoms with Gasteiger partial charge in [0, 0.05) is 12.4 Å². The van der Waals surface area contributed by atoms with Crippen molar-refractivity contribution in [1.82, 2.24) is 0 Å². The third kappa shape index (κ3) is 6.05. The monoisotopic (exact) mass is 208 g/mol. The molecular formula is C9H20O3S. The first-order chi connectivity index (χ1) is 6.05. The smallest absolute Gasteiger partial charge is 0.150 e. The van der Waals surface area contributed by atoms with Gasteiger partial charge in [-0.15, -0.1) is 0 Å². The Morgan fingerprint density at radius 1 is 1.23 bits per heavy atom. The van der Waals surface area contributed by atoms with Crippen molar-refractivity contribution in [3.8, 4) is 0 Å². The molecule has 1 N–H and O–H groups in total. The SMILES string of the molecule is CCCS(=O)(=O)CCC(CC)CO. The van der Waals surface area contributed by atoms with E-state index in [0.717, 1.165) is 6.42 Å². The van der Waals surface area contributed by atoms with E-state index in [0.29, 0.717) is 12.8 Å². The summed E-state index contributed by atoms with van der Waals surface area (Å²) in [4.78, 5) is 0. The number of sulfone groups is 1. The molecule has 3 nitrogen and oxygen atoms in total. The number of aliphatic hydroxyl groups is 1. The minimum Gasteiger partial charge on any atom is -0.396 e. The average Bonchev–Trinajstić information content (AvgIpc) is 2.06. The molecule has 0 spiro atoms. The molecule has 0 radical (unpaired) electrons. The summed E-state index contributed by atoms with van der Waals surface area (Å²) in [7, 11) is -2.86. The molecule has 0 aromatic heterocycles. The lowest BCUT2D eigenvalue weighted by Crippen LogP contribution is -2.15. The number of aliphatic hydroxyl groups excluding tert-OH is 1. The van der Waals surface area contributed by atoms with E-state index in [1.807, 2.05) is 13.8 Å². The van der Waals surface area contributed by atoms with E-state index >= 15 is 0 Å². The predicted molar refractivity (Wildman–Crippen MR) is 54.4 cm³/mol. The van der Waals surface area contributed by atoms with Crippen LogP contribution >= 0.6 is 0 Å². The predicted octanol–water partition coefficient (Wildman–Crippen LogP) is 1.22. The van der Waals surface area contributed by atoms with Gasteiger partial charge in [-0.05, 0) is 18.8 Å². The van der Waals surface area contributed by atoms with Gasteiger partial charge in [0.1, 0.15) is 9.84 Å². The minimum atomic E-state index is -2.86. The highest BCUT2D eigenvalue weighted by Crippen LogP contribution is 2.09. The Balaban J connectivity index is 3.86. The summed E-state index contributed by atoms with van der Waals surface area (Å²) in [6.45, 7) is 3.92.